The second-order valence-corrected chi connectivity index (χ2v) is 4.40. The van der Waals surface area contributed by atoms with Crippen LogP contribution in [0.5, 0.6) is 5.75 Å². The normalized spacial score (nSPS) is 11.7. The number of aromatic amines is 1. The summed E-state index contributed by atoms with van der Waals surface area (Å²) in [5, 5.41) is 11.7. The highest BCUT2D eigenvalue weighted by molar-refractivity contribution is 6.02. The average Bonchev–Trinajstić information content (AvgIpc) is 2.97. The number of rotatable bonds is 5. The van der Waals surface area contributed by atoms with Gasteiger partial charge in [0.05, 0.1) is 19.5 Å². The summed E-state index contributed by atoms with van der Waals surface area (Å²) in [6.07, 6.45) is 1.18. The number of carboxylic acids is 1. The number of carbonyl (C=O) groups is 2. The molecular formula is C14H15N3O4. The van der Waals surface area contributed by atoms with Gasteiger partial charge in [0, 0.05) is 0 Å². The largest absolute Gasteiger partial charge is 0.497 e. The number of methoxy groups -OCH3 is 1. The number of benzene rings is 1. The summed E-state index contributed by atoms with van der Waals surface area (Å²) in [5.74, 6) is -1.10. The highest BCUT2D eigenvalue weighted by Crippen LogP contribution is 2.19. The maximum atomic E-state index is 12.1. The molecule has 0 spiro atoms. The molecule has 1 amide bonds. The van der Waals surface area contributed by atoms with E-state index >= 15 is 0 Å². The number of aromatic carboxylic acids is 1. The molecule has 21 heavy (non-hydrogen) atoms. The van der Waals surface area contributed by atoms with Crippen LogP contribution in [0.25, 0.3) is 0 Å². The molecule has 1 aromatic heterocycles. The highest BCUT2D eigenvalue weighted by Gasteiger charge is 2.21. The van der Waals surface area contributed by atoms with Gasteiger partial charge in [-0.3, -0.25) is 4.79 Å². The van der Waals surface area contributed by atoms with E-state index in [2.05, 4.69) is 15.3 Å². The van der Waals surface area contributed by atoms with Gasteiger partial charge >= 0.3 is 5.97 Å². The lowest BCUT2D eigenvalue weighted by atomic mass is 10.1. The molecule has 2 aromatic rings. The molecule has 3 N–H and O–H groups in total. The van der Waals surface area contributed by atoms with E-state index in [-0.39, 0.29) is 17.4 Å². The summed E-state index contributed by atoms with van der Waals surface area (Å²) in [6, 6.07) is 6.94. The topological polar surface area (TPSA) is 104 Å². The quantitative estimate of drug-likeness (QED) is 0.775. The Kier molecular flexibility index (Phi) is 4.22. The molecule has 0 fully saturated rings. The second kappa shape index (κ2) is 6.08. The number of hydrogen-bond acceptors (Lipinski definition) is 4. The van der Waals surface area contributed by atoms with Gasteiger partial charge in [0.25, 0.3) is 5.91 Å². The molecule has 0 aliphatic carbocycles. The lowest BCUT2D eigenvalue weighted by Gasteiger charge is -2.14. The third-order valence-corrected chi connectivity index (χ3v) is 3.01. The number of ether oxygens (including phenoxy) is 1. The van der Waals surface area contributed by atoms with E-state index < -0.39 is 11.9 Å². The number of carbonyl (C=O) groups excluding carboxylic acids is 1. The van der Waals surface area contributed by atoms with Crippen LogP contribution in [0, 0.1) is 0 Å². The molecule has 0 radical (unpaired) electrons. The molecule has 2 rings (SSSR count). The molecule has 0 aliphatic rings. The maximum Gasteiger partial charge on any atom is 0.354 e. The minimum Gasteiger partial charge on any atom is -0.497 e. The SMILES string of the molecule is COc1cccc(C(C)NC(=O)c2nc[nH]c2C(=O)O)c1. The van der Waals surface area contributed by atoms with E-state index in [1.54, 1.807) is 26.2 Å². The van der Waals surface area contributed by atoms with E-state index in [1.165, 1.54) is 6.33 Å². The summed E-state index contributed by atoms with van der Waals surface area (Å²) in [4.78, 5) is 29.2. The number of imidazole rings is 1. The monoisotopic (exact) mass is 289 g/mol. The van der Waals surface area contributed by atoms with Gasteiger partial charge in [0.2, 0.25) is 0 Å². The summed E-state index contributed by atoms with van der Waals surface area (Å²) in [6.45, 7) is 1.79. The fourth-order valence-corrected chi connectivity index (χ4v) is 1.89. The smallest absolute Gasteiger partial charge is 0.354 e. The molecule has 1 heterocycles. The van der Waals surface area contributed by atoms with Crippen molar-refractivity contribution in [3.63, 3.8) is 0 Å². The lowest BCUT2D eigenvalue weighted by molar-refractivity contribution is 0.0684. The number of aromatic nitrogens is 2. The van der Waals surface area contributed by atoms with Crippen LogP contribution < -0.4 is 10.1 Å². The van der Waals surface area contributed by atoms with Gasteiger partial charge < -0.3 is 20.1 Å². The van der Waals surface area contributed by atoms with Gasteiger partial charge in [-0.25, -0.2) is 9.78 Å². The fourth-order valence-electron chi connectivity index (χ4n) is 1.89. The van der Waals surface area contributed by atoms with Gasteiger partial charge in [-0.2, -0.15) is 0 Å². The molecule has 0 bridgehead atoms. The van der Waals surface area contributed by atoms with Gasteiger partial charge in [-0.05, 0) is 24.6 Å². The standard InChI is InChI=1S/C14H15N3O4/c1-8(9-4-3-5-10(6-9)21-2)17-13(18)11-12(14(19)20)16-7-15-11/h3-8H,1-2H3,(H,15,16)(H,17,18)(H,19,20). The van der Waals surface area contributed by atoms with Crippen molar-refractivity contribution in [3.8, 4) is 5.75 Å². The summed E-state index contributed by atoms with van der Waals surface area (Å²) < 4.78 is 5.13. The van der Waals surface area contributed by atoms with Crippen LogP contribution >= 0.6 is 0 Å². The number of amides is 1. The summed E-state index contributed by atoms with van der Waals surface area (Å²) in [5.41, 5.74) is 0.470. The predicted molar refractivity (Wildman–Crippen MR) is 74.4 cm³/mol. The zero-order chi connectivity index (χ0) is 15.4. The van der Waals surface area contributed by atoms with E-state index in [0.29, 0.717) is 5.75 Å². The Hall–Kier alpha value is -2.83. The van der Waals surface area contributed by atoms with E-state index in [4.69, 9.17) is 9.84 Å². The zero-order valence-electron chi connectivity index (χ0n) is 11.6. The Morgan fingerprint density at radius 1 is 1.43 bits per heavy atom. The van der Waals surface area contributed by atoms with Crippen molar-refractivity contribution >= 4 is 11.9 Å². The molecule has 110 valence electrons. The number of nitrogens with one attached hydrogen (secondary N) is 2. The Bertz CT molecular complexity index is 666. The Morgan fingerprint density at radius 3 is 2.86 bits per heavy atom. The van der Waals surface area contributed by atoms with Crippen LogP contribution in [0.2, 0.25) is 0 Å². The molecular weight excluding hydrogens is 274 g/mol. The van der Waals surface area contributed by atoms with Crippen LogP contribution in [-0.2, 0) is 0 Å². The van der Waals surface area contributed by atoms with Gasteiger partial charge in [-0.1, -0.05) is 12.1 Å². The first kappa shape index (κ1) is 14.6. The predicted octanol–water partition coefficient (Wildman–Crippen LogP) is 1.61. The van der Waals surface area contributed by atoms with Crippen LogP contribution in [-0.4, -0.2) is 34.1 Å². The minimum atomic E-state index is -1.23. The zero-order valence-corrected chi connectivity index (χ0v) is 11.6. The van der Waals surface area contributed by atoms with Crippen LogP contribution in [0.3, 0.4) is 0 Å². The van der Waals surface area contributed by atoms with Crippen molar-refractivity contribution < 1.29 is 19.4 Å². The van der Waals surface area contributed by atoms with E-state index in [0.717, 1.165) is 5.56 Å². The van der Waals surface area contributed by atoms with Gasteiger partial charge in [-0.15, -0.1) is 0 Å². The molecule has 1 aromatic carbocycles. The summed E-state index contributed by atoms with van der Waals surface area (Å²) >= 11 is 0. The van der Waals surface area contributed by atoms with Gasteiger partial charge in [0.15, 0.2) is 11.4 Å². The molecule has 1 unspecified atom stereocenters. The van der Waals surface area contributed by atoms with Crippen LogP contribution in [0.4, 0.5) is 0 Å². The highest BCUT2D eigenvalue weighted by atomic mass is 16.5. The van der Waals surface area contributed by atoms with Crippen molar-refractivity contribution in [1.82, 2.24) is 15.3 Å². The number of nitrogens with zero attached hydrogens (tertiary/aromatic N) is 1. The van der Waals surface area contributed by atoms with Crippen LogP contribution in [0.1, 0.15) is 39.5 Å². The Morgan fingerprint density at radius 2 is 2.19 bits per heavy atom. The Balaban J connectivity index is 2.15. The lowest BCUT2D eigenvalue weighted by Crippen LogP contribution is -2.28. The molecule has 0 aliphatic heterocycles. The average molecular weight is 289 g/mol. The molecule has 0 saturated heterocycles. The Labute approximate surface area is 121 Å². The van der Waals surface area contributed by atoms with Crippen molar-refractivity contribution in [2.75, 3.05) is 7.11 Å². The van der Waals surface area contributed by atoms with E-state index in [1.807, 2.05) is 12.1 Å². The van der Waals surface area contributed by atoms with Gasteiger partial charge in [0.1, 0.15) is 5.75 Å². The van der Waals surface area contributed by atoms with E-state index in [9.17, 15) is 9.59 Å². The fraction of sp³-hybridized carbons (Fsp3) is 0.214. The minimum absolute atomic E-state index is 0.141. The summed E-state index contributed by atoms with van der Waals surface area (Å²) in [7, 11) is 1.56. The molecule has 0 saturated carbocycles. The van der Waals surface area contributed by atoms with Crippen molar-refractivity contribution in [1.29, 1.82) is 0 Å². The first-order chi connectivity index (χ1) is 10.0. The first-order valence-electron chi connectivity index (χ1n) is 6.24. The number of hydrogen-bond donors (Lipinski definition) is 3. The van der Waals surface area contributed by atoms with Crippen LogP contribution in [0.15, 0.2) is 30.6 Å². The van der Waals surface area contributed by atoms with Crippen molar-refractivity contribution in [3.05, 3.63) is 47.5 Å². The van der Waals surface area contributed by atoms with Crippen molar-refractivity contribution in [2.24, 2.45) is 0 Å². The molecule has 7 heteroatoms. The maximum absolute atomic E-state index is 12.1. The molecule has 7 nitrogen and oxygen atoms in total. The third-order valence-electron chi connectivity index (χ3n) is 3.01. The second-order valence-electron chi connectivity index (χ2n) is 4.40. The third kappa shape index (κ3) is 3.19. The molecule has 1 atom stereocenters. The number of H-pyrrole nitrogens is 1. The first-order valence-corrected chi connectivity index (χ1v) is 6.24. The number of carboxylic acid groups (broad SMARTS) is 1. The van der Waals surface area contributed by atoms with Crippen molar-refractivity contribution in [2.45, 2.75) is 13.0 Å².